The normalized spacial score (nSPS) is 12.9. The molecule has 0 aliphatic carbocycles. The summed E-state index contributed by atoms with van der Waals surface area (Å²) in [5, 5.41) is 3.34. The van der Waals surface area contributed by atoms with Gasteiger partial charge in [0.1, 0.15) is 5.82 Å². The van der Waals surface area contributed by atoms with Crippen molar-refractivity contribution >= 4 is 11.3 Å². The van der Waals surface area contributed by atoms with Crippen molar-refractivity contribution in [3.8, 4) is 10.4 Å². The number of thiophene rings is 1. The molecule has 0 bridgehead atoms. The van der Waals surface area contributed by atoms with Gasteiger partial charge >= 0.3 is 0 Å². The summed E-state index contributed by atoms with van der Waals surface area (Å²) >= 11 is 1.74. The molecular formula is C16H20FNS. The minimum atomic E-state index is -0.138. The van der Waals surface area contributed by atoms with Gasteiger partial charge in [-0.2, -0.15) is 0 Å². The van der Waals surface area contributed by atoms with E-state index < -0.39 is 0 Å². The van der Waals surface area contributed by atoms with E-state index in [4.69, 9.17) is 0 Å². The van der Waals surface area contributed by atoms with Crippen molar-refractivity contribution < 1.29 is 4.39 Å². The Morgan fingerprint density at radius 2 is 1.89 bits per heavy atom. The second kappa shape index (κ2) is 5.85. The lowest BCUT2D eigenvalue weighted by atomic mass is 10.0. The van der Waals surface area contributed by atoms with Crippen LogP contribution in [0.4, 0.5) is 4.39 Å². The Morgan fingerprint density at radius 3 is 2.53 bits per heavy atom. The molecule has 1 atom stereocenters. The molecule has 0 fully saturated rings. The summed E-state index contributed by atoms with van der Waals surface area (Å²) in [6, 6.07) is 9.86. The molecule has 0 saturated heterocycles. The van der Waals surface area contributed by atoms with E-state index in [9.17, 15) is 4.39 Å². The maximum atomic E-state index is 13.6. The molecular weight excluding hydrogens is 257 g/mol. The van der Waals surface area contributed by atoms with Crippen molar-refractivity contribution in [1.29, 1.82) is 0 Å². The SMILES string of the molecule is CNC(c1ccc(-c2cccc(F)c2C)s1)C(C)C. The van der Waals surface area contributed by atoms with Gasteiger partial charge in [0.2, 0.25) is 0 Å². The minimum absolute atomic E-state index is 0.138. The molecule has 0 aliphatic rings. The van der Waals surface area contributed by atoms with E-state index in [1.54, 1.807) is 17.4 Å². The first-order valence-electron chi connectivity index (χ1n) is 6.57. The lowest BCUT2D eigenvalue weighted by molar-refractivity contribution is 0.449. The van der Waals surface area contributed by atoms with Gasteiger partial charge in [-0.15, -0.1) is 11.3 Å². The lowest BCUT2D eigenvalue weighted by Gasteiger charge is -2.18. The van der Waals surface area contributed by atoms with Crippen molar-refractivity contribution in [2.75, 3.05) is 7.05 Å². The Kier molecular flexibility index (Phi) is 4.38. The summed E-state index contributed by atoms with van der Waals surface area (Å²) in [6.07, 6.45) is 0. The summed E-state index contributed by atoms with van der Waals surface area (Å²) in [5.74, 6) is 0.395. The molecule has 0 spiro atoms. The Morgan fingerprint density at radius 1 is 1.16 bits per heavy atom. The first-order chi connectivity index (χ1) is 9.04. The van der Waals surface area contributed by atoms with E-state index in [0.717, 1.165) is 16.0 Å². The highest BCUT2D eigenvalue weighted by atomic mass is 32.1. The molecule has 19 heavy (non-hydrogen) atoms. The zero-order chi connectivity index (χ0) is 14.0. The van der Waals surface area contributed by atoms with Gasteiger partial charge in [-0.25, -0.2) is 4.39 Å². The Labute approximate surface area is 118 Å². The number of benzene rings is 1. The Balaban J connectivity index is 2.38. The molecule has 0 radical (unpaired) electrons. The van der Waals surface area contributed by atoms with E-state index in [2.05, 4.69) is 31.3 Å². The fourth-order valence-corrected chi connectivity index (χ4v) is 3.72. The van der Waals surface area contributed by atoms with Crippen LogP contribution in [0.1, 0.15) is 30.3 Å². The molecule has 2 aromatic rings. The topological polar surface area (TPSA) is 12.0 Å². The molecule has 3 heteroatoms. The largest absolute Gasteiger partial charge is 0.312 e. The van der Waals surface area contributed by atoms with Gasteiger partial charge in [0, 0.05) is 15.8 Å². The van der Waals surface area contributed by atoms with Gasteiger partial charge in [0.25, 0.3) is 0 Å². The molecule has 1 aromatic heterocycles. The van der Waals surface area contributed by atoms with E-state index in [1.165, 1.54) is 10.9 Å². The molecule has 1 unspecified atom stereocenters. The molecule has 0 saturated carbocycles. The number of halogens is 1. The number of rotatable bonds is 4. The van der Waals surface area contributed by atoms with Crippen LogP contribution in [0.15, 0.2) is 30.3 Å². The first-order valence-corrected chi connectivity index (χ1v) is 7.38. The molecule has 0 aliphatic heterocycles. The van der Waals surface area contributed by atoms with Gasteiger partial charge in [0.05, 0.1) is 0 Å². The van der Waals surface area contributed by atoms with Crippen LogP contribution in [0.2, 0.25) is 0 Å². The third-order valence-corrected chi connectivity index (χ3v) is 4.65. The molecule has 1 aromatic carbocycles. The van der Waals surface area contributed by atoms with Crippen LogP contribution in [0.5, 0.6) is 0 Å². The first kappa shape index (κ1) is 14.2. The van der Waals surface area contributed by atoms with Crippen molar-refractivity contribution in [3.05, 3.63) is 46.6 Å². The van der Waals surface area contributed by atoms with Crippen molar-refractivity contribution in [3.63, 3.8) is 0 Å². The Hall–Kier alpha value is -1.19. The molecule has 1 heterocycles. The molecule has 1 nitrogen and oxygen atoms in total. The van der Waals surface area contributed by atoms with Crippen molar-refractivity contribution in [2.24, 2.45) is 5.92 Å². The summed E-state index contributed by atoms with van der Waals surface area (Å²) < 4.78 is 13.6. The second-order valence-electron chi connectivity index (χ2n) is 5.12. The van der Waals surface area contributed by atoms with E-state index in [0.29, 0.717) is 12.0 Å². The average Bonchev–Trinajstić information content (AvgIpc) is 2.82. The van der Waals surface area contributed by atoms with Gasteiger partial charge in [-0.1, -0.05) is 26.0 Å². The van der Waals surface area contributed by atoms with Gasteiger partial charge in [-0.3, -0.25) is 0 Å². The van der Waals surface area contributed by atoms with Crippen LogP contribution in [-0.4, -0.2) is 7.05 Å². The number of hydrogen-bond donors (Lipinski definition) is 1. The summed E-state index contributed by atoms with van der Waals surface area (Å²) in [4.78, 5) is 2.43. The quantitative estimate of drug-likeness (QED) is 0.848. The zero-order valence-corrected chi connectivity index (χ0v) is 12.6. The van der Waals surface area contributed by atoms with Crippen molar-refractivity contribution in [1.82, 2.24) is 5.32 Å². The minimum Gasteiger partial charge on any atom is -0.312 e. The molecule has 102 valence electrons. The van der Waals surface area contributed by atoms with Gasteiger partial charge < -0.3 is 5.32 Å². The van der Waals surface area contributed by atoms with Crippen LogP contribution in [0, 0.1) is 18.7 Å². The molecule has 1 N–H and O–H groups in total. The third-order valence-electron chi connectivity index (χ3n) is 3.44. The summed E-state index contributed by atoms with van der Waals surface area (Å²) in [7, 11) is 1.98. The standard InChI is InChI=1S/C16H20FNS/c1-10(2)16(18-4)15-9-8-14(19-15)12-6-5-7-13(17)11(12)3/h5-10,16,18H,1-4H3. The highest BCUT2D eigenvalue weighted by Crippen LogP contribution is 2.35. The summed E-state index contributed by atoms with van der Waals surface area (Å²) in [5.41, 5.74) is 1.72. The lowest BCUT2D eigenvalue weighted by Crippen LogP contribution is -2.20. The predicted octanol–water partition coefficient (Wildman–Crippen LogP) is 4.78. The summed E-state index contributed by atoms with van der Waals surface area (Å²) in [6.45, 7) is 6.24. The smallest absolute Gasteiger partial charge is 0.126 e. The maximum Gasteiger partial charge on any atom is 0.126 e. The number of hydrogen-bond acceptors (Lipinski definition) is 2. The molecule has 0 amide bonds. The van der Waals surface area contributed by atoms with E-state index >= 15 is 0 Å². The Bertz CT molecular complexity index is 560. The van der Waals surface area contributed by atoms with Crippen LogP contribution in [0.3, 0.4) is 0 Å². The van der Waals surface area contributed by atoms with Crippen LogP contribution < -0.4 is 5.32 Å². The van der Waals surface area contributed by atoms with Gasteiger partial charge in [-0.05, 0) is 49.2 Å². The second-order valence-corrected chi connectivity index (χ2v) is 6.24. The van der Waals surface area contributed by atoms with E-state index in [1.807, 2.05) is 20.0 Å². The van der Waals surface area contributed by atoms with Crippen LogP contribution in [-0.2, 0) is 0 Å². The fourth-order valence-electron chi connectivity index (χ4n) is 2.34. The van der Waals surface area contributed by atoms with Gasteiger partial charge in [0.15, 0.2) is 0 Å². The van der Waals surface area contributed by atoms with E-state index in [-0.39, 0.29) is 5.82 Å². The monoisotopic (exact) mass is 277 g/mol. The van der Waals surface area contributed by atoms with Crippen LogP contribution >= 0.6 is 11.3 Å². The third kappa shape index (κ3) is 2.88. The predicted molar refractivity (Wildman–Crippen MR) is 81.1 cm³/mol. The zero-order valence-electron chi connectivity index (χ0n) is 11.8. The fraction of sp³-hybridized carbons (Fsp3) is 0.375. The average molecular weight is 277 g/mol. The van der Waals surface area contributed by atoms with Crippen molar-refractivity contribution in [2.45, 2.75) is 26.8 Å². The van der Waals surface area contributed by atoms with Crippen LogP contribution in [0.25, 0.3) is 10.4 Å². The number of nitrogens with one attached hydrogen (secondary N) is 1. The highest BCUT2D eigenvalue weighted by Gasteiger charge is 2.17. The maximum absolute atomic E-state index is 13.6. The molecule has 2 rings (SSSR count). The highest BCUT2D eigenvalue weighted by molar-refractivity contribution is 7.15.